The maximum absolute atomic E-state index is 13.3. The van der Waals surface area contributed by atoms with Crippen molar-refractivity contribution in [2.45, 2.75) is 44.2 Å². The SMILES string of the molecule is N#Cc1ccc2c(c1)nc(CN1C(=O)C3(CC3)c3ccccc31)n2CCCCO. The topological polar surface area (TPSA) is 82.2 Å². The minimum atomic E-state index is -0.321. The molecule has 2 aliphatic rings. The van der Waals surface area contributed by atoms with Crippen LogP contribution >= 0.6 is 0 Å². The van der Waals surface area contributed by atoms with Crippen LogP contribution in [0.2, 0.25) is 0 Å². The summed E-state index contributed by atoms with van der Waals surface area (Å²) in [5.41, 5.74) is 4.10. The Morgan fingerprint density at radius 2 is 2.00 bits per heavy atom. The van der Waals surface area contributed by atoms with Gasteiger partial charge in [0.2, 0.25) is 5.91 Å². The van der Waals surface area contributed by atoms with Gasteiger partial charge in [-0.3, -0.25) is 4.79 Å². The molecule has 1 saturated carbocycles. The highest BCUT2D eigenvalue weighted by Gasteiger charge is 2.59. The molecule has 0 unspecified atom stereocenters. The van der Waals surface area contributed by atoms with E-state index >= 15 is 0 Å². The van der Waals surface area contributed by atoms with Crippen LogP contribution in [0.4, 0.5) is 5.69 Å². The van der Waals surface area contributed by atoms with Crippen LogP contribution in [0, 0.1) is 11.3 Å². The van der Waals surface area contributed by atoms with Crippen molar-refractivity contribution in [2.75, 3.05) is 11.5 Å². The number of aliphatic hydroxyl groups excluding tert-OH is 1. The number of imidazole rings is 1. The third kappa shape index (κ3) is 2.73. The number of anilines is 1. The van der Waals surface area contributed by atoms with Gasteiger partial charge in [-0.25, -0.2) is 4.98 Å². The number of hydrogen-bond donors (Lipinski definition) is 1. The van der Waals surface area contributed by atoms with Crippen molar-refractivity contribution in [3.63, 3.8) is 0 Å². The van der Waals surface area contributed by atoms with Crippen molar-refractivity contribution in [3.8, 4) is 6.07 Å². The Morgan fingerprint density at radius 3 is 2.76 bits per heavy atom. The molecule has 29 heavy (non-hydrogen) atoms. The number of aryl methyl sites for hydroxylation is 1. The lowest BCUT2D eigenvalue weighted by molar-refractivity contribution is -0.120. The molecule has 3 aromatic rings. The van der Waals surface area contributed by atoms with E-state index < -0.39 is 0 Å². The molecule has 1 amide bonds. The van der Waals surface area contributed by atoms with Gasteiger partial charge in [0.05, 0.1) is 34.6 Å². The fourth-order valence-electron chi connectivity index (χ4n) is 4.50. The van der Waals surface area contributed by atoms with Gasteiger partial charge >= 0.3 is 0 Å². The summed E-state index contributed by atoms with van der Waals surface area (Å²) in [6.45, 7) is 1.28. The number of aliphatic hydroxyl groups is 1. The summed E-state index contributed by atoms with van der Waals surface area (Å²) in [7, 11) is 0. The molecule has 5 rings (SSSR count). The van der Waals surface area contributed by atoms with E-state index in [0.29, 0.717) is 25.1 Å². The average molecular weight is 386 g/mol. The number of carbonyl (C=O) groups excluding carboxylic acids is 1. The van der Waals surface area contributed by atoms with Gasteiger partial charge in [-0.05, 0) is 55.5 Å². The van der Waals surface area contributed by atoms with Crippen LogP contribution in [0.1, 0.15) is 42.6 Å². The van der Waals surface area contributed by atoms with Crippen molar-refractivity contribution in [3.05, 3.63) is 59.4 Å². The number of aromatic nitrogens is 2. The van der Waals surface area contributed by atoms with E-state index in [-0.39, 0.29) is 17.9 Å². The second-order valence-corrected chi connectivity index (χ2v) is 7.92. The Balaban J connectivity index is 1.55. The monoisotopic (exact) mass is 386 g/mol. The third-order valence-electron chi connectivity index (χ3n) is 6.16. The van der Waals surface area contributed by atoms with Gasteiger partial charge in [0.25, 0.3) is 0 Å². The first-order valence-electron chi connectivity index (χ1n) is 10.1. The largest absolute Gasteiger partial charge is 0.396 e. The summed E-state index contributed by atoms with van der Waals surface area (Å²) in [5.74, 6) is 0.985. The molecule has 0 atom stereocenters. The molecule has 6 nitrogen and oxygen atoms in total. The van der Waals surface area contributed by atoms with Crippen molar-refractivity contribution in [1.29, 1.82) is 5.26 Å². The Hall–Kier alpha value is -3.17. The van der Waals surface area contributed by atoms with Crippen LogP contribution in [-0.2, 0) is 23.3 Å². The highest BCUT2D eigenvalue weighted by molar-refractivity contribution is 6.10. The van der Waals surface area contributed by atoms with Crippen LogP contribution in [0.5, 0.6) is 0 Å². The molecule has 0 saturated heterocycles. The van der Waals surface area contributed by atoms with E-state index in [9.17, 15) is 15.2 Å². The van der Waals surface area contributed by atoms with Gasteiger partial charge in [0.1, 0.15) is 5.82 Å². The van der Waals surface area contributed by atoms with Crippen LogP contribution in [0.25, 0.3) is 11.0 Å². The number of nitriles is 1. The van der Waals surface area contributed by atoms with Gasteiger partial charge in [-0.2, -0.15) is 5.26 Å². The van der Waals surface area contributed by atoms with Crippen LogP contribution in [-0.4, -0.2) is 27.2 Å². The van der Waals surface area contributed by atoms with Crippen molar-refractivity contribution in [1.82, 2.24) is 9.55 Å². The molecule has 1 aromatic heterocycles. The van der Waals surface area contributed by atoms with Crippen LogP contribution in [0.3, 0.4) is 0 Å². The van der Waals surface area contributed by atoms with Crippen molar-refractivity contribution in [2.24, 2.45) is 0 Å². The summed E-state index contributed by atoms with van der Waals surface area (Å²) in [4.78, 5) is 19.9. The number of para-hydroxylation sites is 1. The summed E-state index contributed by atoms with van der Waals surface area (Å²) >= 11 is 0. The van der Waals surface area contributed by atoms with Gasteiger partial charge in [0, 0.05) is 18.8 Å². The number of unbranched alkanes of at least 4 members (excludes halogenated alkanes) is 1. The molecule has 2 heterocycles. The molecular weight excluding hydrogens is 364 g/mol. The molecule has 0 radical (unpaired) electrons. The Kier molecular flexibility index (Phi) is 4.14. The second kappa shape index (κ2) is 6.71. The molecule has 1 aliphatic carbocycles. The first-order valence-corrected chi connectivity index (χ1v) is 10.1. The van der Waals surface area contributed by atoms with Gasteiger partial charge in [-0.15, -0.1) is 0 Å². The third-order valence-corrected chi connectivity index (χ3v) is 6.16. The van der Waals surface area contributed by atoms with Crippen molar-refractivity contribution >= 4 is 22.6 Å². The predicted octanol–water partition coefficient (Wildman–Crippen LogP) is 3.26. The summed E-state index contributed by atoms with van der Waals surface area (Å²) in [6.07, 6.45) is 3.36. The molecule has 0 bridgehead atoms. The zero-order valence-corrected chi connectivity index (χ0v) is 16.1. The highest BCUT2D eigenvalue weighted by atomic mass is 16.3. The standard InChI is InChI=1S/C23H22N4O2/c24-14-16-7-8-20-18(13-16)25-21(26(20)11-3-4-12-28)15-27-19-6-2-1-5-17(19)23(9-10-23)22(27)29/h1-2,5-8,13,28H,3-4,9-12,15H2. The number of amides is 1. The second-order valence-electron chi connectivity index (χ2n) is 7.92. The Labute approximate surface area is 169 Å². The number of nitrogens with zero attached hydrogens (tertiary/aromatic N) is 4. The molecular formula is C23H22N4O2. The number of fused-ring (bicyclic) bond motifs is 3. The minimum absolute atomic E-state index is 0.154. The summed E-state index contributed by atoms with van der Waals surface area (Å²) in [6, 6.07) is 15.8. The molecule has 1 N–H and O–H groups in total. The first-order chi connectivity index (χ1) is 14.2. The van der Waals surface area contributed by atoms with E-state index in [1.54, 1.807) is 12.1 Å². The minimum Gasteiger partial charge on any atom is -0.396 e. The maximum Gasteiger partial charge on any atom is 0.238 e. The number of carbonyl (C=O) groups is 1. The number of rotatable bonds is 6. The molecule has 1 spiro atoms. The van der Waals surface area contributed by atoms with Gasteiger partial charge in [0.15, 0.2) is 0 Å². The van der Waals surface area contributed by atoms with Gasteiger partial charge in [-0.1, -0.05) is 18.2 Å². The summed E-state index contributed by atoms with van der Waals surface area (Å²) < 4.78 is 2.12. The number of benzene rings is 2. The van der Waals surface area contributed by atoms with Gasteiger partial charge < -0.3 is 14.6 Å². The first kappa shape index (κ1) is 17.9. The highest BCUT2D eigenvalue weighted by Crippen LogP contribution is 2.57. The summed E-state index contributed by atoms with van der Waals surface area (Å²) in [5, 5.41) is 18.4. The van der Waals surface area contributed by atoms with Crippen LogP contribution in [0.15, 0.2) is 42.5 Å². The quantitative estimate of drug-likeness (QED) is 0.659. The lowest BCUT2D eigenvalue weighted by atomic mass is 9.98. The molecule has 1 fully saturated rings. The van der Waals surface area contributed by atoms with Crippen LogP contribution < -0.4 is 4.90 Å². The van der Waals surface area contributed by atoms with E-state index in [2.05, 4.69) is 16.7 Å². The maximum atomic E-state index is 13.3. The van der Waals surface area contributed by atoms with E-state index in [4.69, 9.17) is 4.98 Å². The fraction of sp³-hybridized carbons (Fsp3) is 0.348. The molecule has 2 aromatic carbocycles. The Bertz CT molecular complexity index is 1150. The zero-order chi connectivity index (χ0) is 20.0. The molecule has 146 valence electrons. The van der Waals surface area contributed by atoms with E-state index in [1.807, 2.05) is 29.2 Å². The normalized spacial score (nSPS) is 16.4. The van der Waals surface area contributed by atoms with Crippen molar-refractivity contribution < 1.29 is 9.90 Å². The predicted molar refractivity (Wildman–Crippen MR) is 109 cm³/mol. The fourth-order valence-corrected chi connectivity index (χ4v) is 4.50. The average Bonchev–Trinajstić information content (AvgIpc) is 3.44. The Morgan fingerprint density at radius 1 is 1.17 bits per heavy atom. The number of hydrogen-bond acceptors (Lipinski definition) is 4. The lowest BCUT2D eigenvalue weighted by Crippen LogP contribution is -2.32. The molecule has 1 aliphatic heterocycles. The smallest absolute Gasteiger partial charge is 0.238 e. The molecule has 6 heteroatoms. The zero-order valence-electron chi connectivity index (χ0n) is 16.1. The van der Waals surface area contributed by atoms with E-state index in [0.717, 1.165) is 47.4 Å². The van der Waals surface area contributed by atoms with E-state index in [1.165, 1.54) is 0 Å². The lowest BCUT2D eigenvalue weighted by Gasteiger charge is -2.19.